The van der Waals surface area contributed by atoms with Gasteiger partial charge >= 0.3 is 0 Å². The van der Waals surface area contributed by atoms with E-state index >= 15 is 0 Å². The van der Waals surface area contributed by atoms with Crippen molar-refractivity contribution in [2.24, 2.45) is 0 Å². The van der Waals surface area contributed by atoms with Crippen molar-refractivity contribution in [3.63, 3.8) is 0 Å². The third-order valence-corrected chi connectivity index (χ3v) is 3.74. The molecule has 1 aliphatic rings. The van der Waals surface area contributed by atoms with E-state index in [1.165, 1.54) is 0 Å². The molecule has 1 aliphatic heterocycles. The molecule has 0 spiro atoms. The van der Waals surface area contributed by atoms with Gasteiger partial charge in [0.15, 0.2) is 11.5 Å². The number of halogens is 1. The summed E-state index contributed by atoms with van der Waals surface area (Å²) in [7, 11) is 0. The maximum absolute atomic E-state index is 12.2. The van der Waals surface area contributed by atoms with Crippen LogP contribution < -0.4 is 14.2 Å². The Balaban J connectivity index is 1.61. The van der Waals surface area contributed by atoms with Crippen molar-refractivity contribution < 1.29 is 18.6 Å². The fraction of sp³-hybridized carbons (Fsp3) is 0.167. The normalized spacial score (nSPS) is 12.4. The van der Waals surface area contributed by atoms with Gasteiger partial charge in [0.1, 0.15) is 19.0 Å². The monoisotopic (exact) mass is 326 g/mol. The predicted octanol–water partition coefficient (Wildman–Crippen LogP) is 3.82. The van der Waals surface area contributed by atoms with Crippen molar-refractivity contribution in [1.82, 2.24) is 10.2 Å². The molecule has 0 saturated carbocycles. The number of nitrogens with zero attached hydrogens (tertiary/aromatic N) is 1. The topological polar surface area (TPSA) is 56.4 Å². The molecule has 4 rings (SSSR count). The highest BCUT2D eigenvalue weighted by atomic mass is 19.1. The van der Waals surface area contributed by atoms with Gasteiger partial charge in [-0.3, -0.25) is 5.10 Å². The van der Waals surface area contributed by atoms with Crippen molar-refractivity contribution in [3.8, 4) is 39.8 Å². The summed E-state index contributed by atoms with van der Waals surface area (Å²) < 4.78 is 28.3. The van der Waals surface area contributed by atoms with E-state index in [9.17, 15) is 4.39 Å². The molecule has 0 amide bonds. The van der Waals surface area contributed by atoms with Gasteiger partial charge in [0.25, 0.3) is 0 Å². The molecular formula is C18H15FN2O3. The number of fused-ring (bicyclic) bond motifs is 1. The van der Waals surface area contributed by atoms with Gasteiger partial charge in [-0.05, 0) is 36.4 Å². The molecule has 0 unspecified atom stereocenters. The highest BCUT2D eigenvalue weighted by Crippen LogP contribution is 2.36. The number of hydrogen-bond acceptors (Lipinski definition) is 4. The third kappa shape index (κ3) is 2.78. The molecule has 0 bridgehead atoms. The zero-order chi connectivity index (χ0) is 16.4. The number of aromatic nitrogens is 2. The molecule has 5 nitrogen and oxygen atoms in total. The Bertz CT molecular complexity index is 863. The first-order chi connectivity index (χ1) is 11.8. The molecule has 0 fully saturated rings. The zero-order valence-electron chi connectivity index (χ0n) is 12.8. The highest BCUT2D eigenvalue weighted by molar-refractivity contribution is 5.70. The molecule has 0 aliphatic carbocycles. The van der Waals surface area contributed by atoms with Crippen LogP contribution in [-0.2, 0) is 0 Å². The average molecular weight is 326 g/mol. The van der Waals surface area contributed by atoms with Crippen molar-refractivity contribution in [2.45, 2.75) is 0 Å². The summed E-state index contributed by atoms with van der Waals surface area (Å²) in [6.45, 7) is -0.215. The van der Waals surface area contributed by atoms with Gasteiger partial charge in [0, 0.05) is 11.1 Å². The second-order valence-electron chi connectivity index (χ2n) is 5.30. The van der Waals surface area contributed by atoms with Crippen LogP contribution in [-0.4, -0.2) is 30.3 Å². The van der Waals surface area contributed by atoms with E-state index in [1.54, 1.807) is 6.07 Å². The number of hydrogen-bond donors (Lipinski definition) is 1. The Morgan fingerprint density at radius 1 is 1.04 bits per heavy atom. The van der Waals surface area contributed by atoms with Crippen LogP contribution in [0.4, 0.5) is 4.39 Å². The lowest BCUT2D eigenvalue weighted by Gasteiger charge is -2.04. The highest BCUT2D eigenvalue weighted by Gasteiger charge is 2.15. The standard InChI is InChI=1S/C18H15FN2O3/c19-6-7-22-14-3-1-2-12(8-14)15-10-16(21-20-15)13-4-5-17-18(9-13)24-11-23-17/h1-5,8-10H,6-7,11H2,(H,20,21). The van der Waals surface area contributed by atoms with E-state index in [2.05, 4.69) is 10.2 Å². The number of nitrogens with one attached hydrogen (secondary N) is 1. The Hall–Kier alpha value is -3.02. The van der Waals surface area contributed by atoms with Crippen molar-refractivity contribution in [2.75, 3.05) is 20.1 Å². The fourth-order valence-corrected chi connectivity index (χ4v) is 2.58. The van der Waals surface area contributed by atoms with E-state index in [0.29, 0.717) is 5.75 Å². The minimum atomic E-state index is -0.511. The van der Waals surface area contributed by atoms with E-state index < -0.39 is 6.67 Å². The minimum absolute atomic E-state index is 0.0505. The van der Waals surface area contributed by atoms with Gasteiger partial charge in [-0.15, -0.1) is 0 Å². The first kappa shape index (κ1) is 14.6. The molecule has 2 aromatic carbocycles. The van der Waals surface area contributed by atoms with Crippen LogP contribution in [0.25, 0.3) is 22.5 Å². The Morgan fingerprint density at radius 3 is 2.88 bits per heavy atom. The number of rotatable bonds is 5. The van der Waals surface area contributed by atoms with E-state index in [-0.39, 0.29) is 13.4 Å². The second kappa shape index (κ2) is 6.23. The molecule has 122 valence electrons. The molecule has 1 aromatic heterocycles. The maximum atomic E-state index is 12.2. The molecule has 0 saturated heterocycles. The number of H-pyrrole nitrogens is 1. The van der Waals surface area contributed by atoms with Gasteiger partial charge in [-0.25, -0.2) is 4.39 Å². The summed E-state index contributed by atoms with van der Waals surface area (Å²) in [6, 6.07) is 15.1. The van der Waals surface area contributed by atoms with Crippen LogP contribution in [0.3, 0.4) is 0 Å². The summed E-state index contributed by atoms with van der Waals surface area (Å²) in [5.74, 6) is 2.09. The SMILES string of the molecule is FCCOc1cccc(-c2cc(-c3ccc4c(c3)OCO4)n[nH]2)c1. The summed E-state index contributed by atoms with van der Waals surface area (Å²) in [5, 5.41) is 7.38. The first-order valence-electron chi connectivity index (χ1n) is 7.58. The van der Waals surface area contributed by atoms with Crippen molar-refractivity contribution in [1.29, 1.82) is 0 Å². The van der Waals surface area contributed by atoms with E-state index in [0.717, 1.165) is 34.0 Å². The Labute approximate surface area is 138 Å². The minimum Gasteiger partial charge on any atom is -0.491 e. The molecule has 0 radical (unpaired) electrons. The van der Waals surface area contributed by atoms with E-state index in [4.69, 9.17) is 14.2 Å². The lowest BCUT2D eigenvalue weighted by Crippen LogP contribution is -1.98. The number of alkyl halides is 1. The lowest BCUT2D eigenvalue weighted by molar-refractivity contribution is 0.174. The van der Waals surface area contributed by atoms with Gasteiger partial charge in [0.05, 0.1) is 11.4 Å². The van der Waals surface area contributed by atoms with E-state index in [1.807, 2.05) is 42.5 Å². The summed E-state index contributed by atoms with van der Waals surface area (Å²) in [6.07, 6.45) is 0. The smallest absolute Gasteiger partial charge is 0.231 e. The van der Waals surface area contributed by atoms with Crippen LogP contribution in [0.15, 0.2) is 48.5 Å². The van der Waals surface area contributed by atoms with Crippen LogP contribution in [0, 0.1) is 0 Å². The molecule has 1 N–H and O–H groups in total. The van der Waals surface area contributed by atoms with Gasteiger partial charge in [-0.1, -0.05) is 12.1 Å². The van der Waals surface area contributed by atoms with Crippen molar-refractivity contribution >= 4 is 0 Å². The van der Waals surface area contributed by atoms with Crippen molar-refractivity contribution in [3.05, 3.63) is 48.5 Å². The quantitative estimate of drug-likeness (QED) is 0.774. The summed E-state index contributed by atoms with van der Waals surface area (Å²) in [4.78, 5) is 0. The molecule has 6 heteroatoms. The third-order valence-electron chi connectivity index (χ3n) is 3.74. The molecule has 2 heterocycles. The largest absolute Gasteiger partial charge is 0.491 e. The zero-order valence-corrected chi connectivity index (χ0v) is 12.8. The van der Waals surface area contributed by atoms with Crippen LogP contribution in [0.1, 0.15) is 0 Å². The average Bonchev–Trinajstić information content (AvgIpc) is 3.28. The Kier molecular flexibility index (Phi) is 3.78. The first-order valence-corrected chi connectivity index (χ1v) is 7.58. The van der Waals surface area contributed by atoms with Crippen LogP contribution in [0.5, 0.6) is 17.2 Å². The Morgan fingerprint density at radius 2 is 1.96 bits per heavy atom. The molecular weight excluding hydrogens is 311 g/mol. The molecule has 0 atom stereocenters. The molecule has 24 heavy (non-hydrogen) atoms. The predicted molar refractivity (Wildman–Crippen MR) is 87.1 cm³/mol. The number of benzene rings is 2. The van der Waals surface area contributed by atoms with Gasteiger partial charge in [0.2, 0.25) is 6.79 Å². The van der Waals surface area contributed by atoms with Gasteiger partial charge in [-0.2, -0.15) is 5.10 Å². The fourth-order valence-electron chi connectivity index (χ4n) is 2.58. The summed E-state index contributed by atoms with van der Waals surface area (Å²) >= 11 is 0. The lowest BCUT2D eigenvalue weighted by atomic mass is 10.1. The maximum Gasteiger partial charge on any atom is 0.231 e. The number of ether oxygens (including phenoxy) is 3. The number of aromatic amines is 1. The van der Waals surface area contributed by atoms with Crippen LogP contribution in [0.2, 0.25) is 0 Å². The van der Waals surface area contributed by atoms with Gasteiger partial charge < -0.3 is 14.2 Å². The summed E-state index contributed by atoms with van der Waals surface area (Å²) in [5.41, 5.74) is 3.52. The molecule has 3 aromatic rings. The second-order valence-corrected chi connectivity index (χ2v) is 5.30. The van der Waals surface area contributed by atoms with Crippen LogP contribution >= 0.6 is 0 Å².